The zero-order valence-electron chi connectivity index (χ0n) is 12.8. The van der Waals surface area contributed by atoms with E-state index < -0.39 is 0 Å². The largest absolute Gasteiger partial charge is 0.339 e. The highest BCUT2D eigenvalue weighted by Gasteiger charge is 2.30. The number of hydrogen-bond acceptors (Lipinski definition) is 4. The Hall–Kier alpha value is -3.52. The first-order valence-electron chi connectivity index (χ1n) is 7.61. The quantitative estimate of drug-likeness (QED) is 0.894. The number of nitriles is 1. The number of anilines is 2. The molecule has 0 unspecified atom stereocenters. The molecule has 2 aromatic carbocycles. The van der Waals surface area contributed by atoms with Gasteiger partial charge in [-0.3, -0.25) is 4.79 Å². The number of rotatable bonds is 2. The van der Waals surface area contributed by atoms with Crippen molar-refractivity contribution in [2.45, 2.75) is 0 Å². The van der Waals surface area contributed by atoms with Gasteiger partial charge in [-0.15, -0.1) is 0 Å². The number of benzene rings is 2. The highest BCUT2D eigenvalue weighted by molar-refractivity contribution is 5.95. The molecule has 0 atom stereocenters. The van der Waals surface area contributed by atoms with Gasteiger partial charge in [0.15, 0.2) is 0 Å². The lowest BCUT2D eigenvalue weighted by Crippen LogP contribution is -2.35. The maximum atomic E-state index is 12.4. The standard InChI is InChI=1S/C19H14N4O/c20-11-14-10-15(21-19(24)13-6-2-1-3-7-13)12-23-17-9-5-4-8-16(17)22-18(14)23/h1-10,22H,12H2,(H,21,24). The highest BCUT2D eigenvalue weighted by atomic mass is 16.1. The lowest BCUT2D eigenvalue weighted by Gasteiger charge is -2.26. The predicted octanol–water partition coefficient (Wildman–Crippen LogP) is 2.98. The Morgan fingerprint density at radius 1 is 1.12 bits per heavy atom. The van der Waals surface area contributed by atoms with Crippen molar-refractivity contribution in [3.63, 3.8) is 0 Å². The fourth-order valence-corrected chi connectivity index (χ4v) is 2.93. The van der Waals surface area contributed by atoms with Gasteiger partial charge in [-0.1, -0.05) is 30.3 Å². The van der Waals surface area contributed by atoms with Gasteiger partial charge < -0.3 is 15.5 Å². The summed E-state index contributed by atoms with van der Waals surface area (Å²) in [7, 11) is 0. The van der Waals surface area contributed by atoms with E-state index in [1.165, 1.54) is 0 Å². The van der Waals surface area contributed by atoms with Gasteiger partial charge in [0.25, 0.3) is 5.91 Å². The minimum atomic E-state index is -0.178. The third kappa shape index (κ3) is 2.31. The Kier molecular flexibility index (Phi) is 3.29. The van der Waals surface area contributed by atoms with Crippen molar-refractivity contribution in [1.29, 1.82) is 5.26 Å². The van der Waals surface area contributed by atoms with Crippen molar-refractivity contribution >= 4 is 17.3 Å². The number of nitrogens with zero attached hydrogens (tertiary/aromatic N) is 2. The van der Waals surface area contributed by atoms with E-state index in [0.717, 1.165) is 17.2 Å². The van der Waals surface area contributed by atoms with Gasteiger partial charge in [-0.2, -0.15) is 5.26 Å². The van der Waals surface area contributed by atoms with Crippen LogP contribution in [0.15, 0.2) is 77.8 Å². The van der Waals surface area contributed by atoms with Gasteiger partial charge in [0.05, 0.1) is 23.5 Å². The first-order chi connectivity index (χ1) is 11.8. The Bertz CT molecular complexity index is 922. The fourth-order valence-electron chi connectivity index (χ4n) is 2.93. The minimum absolute atomic E-state index is 0.178. The van der Waals surface area contributed by atoms with Crippen LogP contribution < -0.4 is 15.5 Å². The average Bonchev–Trinajstić information content (AvgIpc) is 3.00. The molecule has 0 bridgehead atoms. The van der Waals surface area contributed by atoms with E-state index in [0.29, 0.717) is 23.4 Å². The first kappa shape index (κ1) is 14.1. The molecule has 2 aliphatic heterocycles. The molecule has 2 N–H and O–H groups in total. The molecule has 2 aromatic rings. The molecule has 5 heteroatoms. The zero-order chi connectivity index (χ0) is 16.5. The van der Waals surface area contributed by atoms with Crippen LogP contribution in [0.4, 0.5) is 11.4 Å². The second kappa shape index (κ2) is 5.60. The molecule has 2 heterocycles. The number of nitrogens with one attached hydrogen (secondary N) is 2. The summed E-state index contributed by atoms with van der Waals surface area (Å²) in [5.41, 5.74) is 3.75. The van der Waals surface area contributed by atoms with Gasteiger partial charge in [-0.25, -0.2) is 0 Å². The van der Waals surface area contributed by atoms with Gasteiger partial charge in [-0.05, 0) is 30.3 Å². The molecule has 0 radical (unpaired) electrons. The van der Waals surface area contributed by atoms with E-state index in [-0.39, 0.29) is 5.91 Å². The third-order valence-electron chi connectivity index (χ3n) is 4.05. The van der Waals surface area contributed by atoms with Crippen molar-refractivity contribution in [1.82, 2.24) is 5.32 Å². The maximum absolute atomic E-state index is 12.4. The molecule has 0 saturated heterocycles. The number of fused-ring (bicyclic) bond motifs is 3. The van der Waals surface area contributed by atoms with E-state index in [2.05, 4.69) is 16.7 Å². The maximum Gasteiger partial charge on any atom is 0.255 e. The van der Waals surface area contributed by atoms with Gasteiger partial charge in [0.1, 0.15) is 11.9 Å². The summed E-state index contributed by atoms with van der Waals surface area (Å²) in [6.07, 6.45) is 1.73. The number of allylic oxidation sites excluding steroid dienone is 2. The fraction of sp³-hybridized carbons (Fsp3) is 0.0526. The molecule has 24 heavy (non-hydrogen) atoms. The monoisotopic (exact) mass is 314 g/mol. The average molecular weight is 314 g/mol. The van der Waals surface area contributed by atoms with Crippen LogP contribution in [0, 0.1) is 11.3 Å². The van der Waals surface area contributed by atoms with E-state index in [4.69, 9.17) is 0 Å². The molecular weight excluding hydrogens is 300 g/mol. The van der Waals surface area contributed by atoms with Crippen LogP contribution >= 0.6 is 0 Å². The van der Waals surface area contributed by atoms with Crippen molar-refractivity contribution in [2.24, 2.45) is 0 Å². The molecule has 1 amide bonds. The lowest BCUT2D eigenvalue weighted by atomic mass is 10.1. The molecule has 5 nitrogen and oxygen atoms in total. The summed E-state index contributed by atoms with van der Waals surface area (Å²) in [4.78, 5) is 14.4. The van der Waals surface area contributed by atoms with E-state index in [1.807, 2.05) is 47.4 Å². The van der Waals surface area contributed by atoms with Crippen molar-refractivity contribution in [3.05, 3.63) is 83.3 Å². The van der Waals surface area contributed by atoms with E-state index in [1.54, 1.807) is 18.2 Å². The molecule has 0 aliphatic carbocycles. The summed E-state index contributed by atoms with van der Waals surface area (Å²) in [5, 5.41) is 15.6. The third-order valence-corrected chi connectivity index (χ3v) is 4.05. The highest BCUT2D eigenvalue weighted by Crippen LogP contribution is 2.39. The topological polar surface area (TPSA) is 68.2 Å². The molecular formula is C19H14N4O. The Labute approximate surface area is 139 Å². The van der Waals surface area contributed by atoms with Crippen LogP contribution in [0.5, 0.6) is 0 Å². The summed E-state index contributed by atoms with van der Waals surface area (Å²) < 4.78 is 0. The van der Waals surface area contributed by atoms with Crippen molar-refractivity contribution in [3.8, 4) is 6.07 Å². The number of hydrogen-bond donors (Lipinski definition) is 2. The summed E-state index contributed by atoms with van der Waals surface area (Å²) in [6.45, 7) is 0.503. The molecule has 0 aromatic heterocycles. The zero-order valence-corrected chi connectivity index (χ0v) is 12.8. The van der Waals surface area contributed by atoms with Crippen molar-refractivity contribution in [2.75, 3.05) is 16.8 Å². The number of carbonyl (C=O) groups is 1. The second-order valence-electron chi connectivity index (χ2n) is 5.59. The smallest absolute Gasteiger partial charge is 0.255 e. The van der Waals surface area contributed by atoms with Crippen LogP contribution in [-0.2, 0) is 0 Å². The van der Waals surface area contributed by atoms with Gasteiger partial charge in [0, 0.05) is 11.3 Å². The Morgan fingerprint density at radius 2 is 1.88 bits per heavy atom. The van der Waals surface area contributed by atoms with Crippen LogP contribution in [0.2, 0.25) is 0 Å². The number of amides is 1. The summed E-state index contributed by atoms with van der Waals surface area (Å²) in [5.74, 6) is 0.583. The molecule has 116 valence electrons. The molecule has 4 rings (SSSR count). The van der Waals surface area contributed by atoms with Crippen LogP contribution in [0.1, 0.15) is 10.4 Å². The van der Waals surface area contributed by atoms with Gasteiger partial charge >= 0.3 is 0 Å². The Balaban J connectivity index is 1.64. The van der Waals surface area contributed by atoms with E-state index in [9.17, 15) is 10.1 Å². The first-order valence-corrected chi connectivity index (χ1v) is 7.61. The molecule has 0 saturated carbocycles. The van der Waals surface area contributed by atoms with Crippen molar-refractivity contribution < 1.29 is 4.79 Å². The second-order valence-corrected chi connectivity index (χ2v) is 5.59. The summed E-state index contributed by atoms with van der Waals surface area (Å²) in [6, 6.07) is 19.1. The normalized spacial score (nSPS) is 15.0. The van der Waals surface area contributed by atoms with Crippen LogP contribution in [0.25, 0.3) is 0 Å². The summed E-state index contributed by atoms with van der Waals surface area (Å²) >= 11 is 0. The van der Waals surface area contributed by atoms with Crippen LogP contribution in [0.3, 0.4) is 0 Å². The lowest BCUT2D eigenvalue weighted by molar-refractivity contribution is 0.0965. The van der Waals surface area contributed by atoms with Crippen LogP contribution in [-0.4, -0.2) is 12.5 Å². The SMILES string of the molecule is N#CC1=C2Nc3ccccc3N2CC(NC(=O)c2ccccc2)=C1. The molecule has 0 fully saturated rings. The number of carbonyl (C=O) groups excluding carboxylic acids is 1. The molecule has 0 spiro atoms. The van der Waals surface area contributed by atoms with Gasteiger partial charge in [0.2, 0.25) is 0 Å². The Morgan fingerprint density at radius 3 is 2.67 bits per heavy atom. The number of para-hydroxylation sites is 2. The molecule has 2 aliphatic rings. The van der Waals surface area contributed by atoms with E-state index >= 15 is 0 Å². The minimum Gasteiger partial charge on any atom is -0.339 e. The predicted molar refractivity (Wildman–Crippen MR) is 92.0 cm³/mol.